The highest BCUT2D eigenvalue weighted by atomic mass is 16.3. The molecule has 11 nitrogen and oxygen atoms in total. The molecule has 3 rings (SSSR count). The third-order valence-electron chi connectivity index (χ3n) is 5.53. The summed E-state index contributed by atoms with van der Waals surface area (Å²) in [5, 5.41) is 24.2. The number of aryl methyl sites for hydroxylation is 2. The molecule has 0 aromatic carbocycles. The van der Waals surface area contributed by atoms with E-state index >= 15 is 0 Å². The molecule has 3 N–H and O–H groups in total. The molecule has 3 heterocycles. The van der Waals surface area contributed by atoms with Crippen molar-refractivity contribution in [2.45, 2.75) is 53.1 Å². The molecule has 32 heavy (non-hydrogen) atoms. The molecule has 0 saturated carbocycles. The number of hydrogen-bond donors (Lipinski definition) is 3. The number of likely N-dealkylation sites (tertiary alicyclic amines) is 1. The van der Waals surface area contributed by atoms with Crippen molar-refractivity contribution in [1.82, 2.24) is 29.8 Å². The van der Waals surface area contributed by atoms with Crippen LogP contribution in [-0.4, -0.2) is 78.7 Å². The Balaban J connectivity index is 0.00000114. The van der Waals surface area contributed by atoms with Gasteiger partial charge in [0.25, 0.3) is 12.2 Å². The van der Waals surface area contributed by atoms with E-state index in [1.165, 1.54) is 6.33 Å². The number of rotatable bonds is 6. The maximum absolute atomic E-state index is 12.8. The molecule has 11 heteroatoms. The van der Waals surface area contributed by atoms with Crippen molar-refractivity contribution in [2.75, 3.05) is 19.6 Å². The van der Waals surface area contributed by atoms with E-state index < -0.39 is 12.0 Å². The van der Waals surface area contributed by atoms with E-state index in [1.807, 2.05) is 27.7 Å². The molecule has 0 aliphatic carbocycles. The van der Waals surface area contributed by atoms with Gasteiger partial charge in [0.15, 0.2) is 0 Å². The fraction of sp³-hybridized carbons (Fsp3) is 0.619. The number of carbonyl (C=O) groups excluding carboxylic acids is 2. The number of aliphatic hydroxyl groups is 1. The third-order valence-corrected chi connectivity index (χ3v) is 5.53. The lowest BCUT2D eigenvalue weighted by Crippen LogP contribution is -2.52. The monoisotopic (exact) mass is 448 g/mol. The molecule has 1 aliphatic heterocycles. The lowest BCUT2D eigenvalue weighted by Gasteiger charge is -2.35. The van der Waals surface area contributed by atoms with Crippen LogP contribution in [0.25, 0.3) is 5.78 Å². The minimum atomic E-state index is -0.713. The summed E-state index contributed by atoms with van der Waals surface area (Å²) in [5.74, 6) is 0.102. The summed E-state index contributed by atoms with van der Waals surface area (Å²) >= 11 is 0. The molecule has 1 fully saturated rings. The summed E-state index contributed by atoms with van der Waals surface area (Å²) in [6.45, 7) is 8.92. The minimum absolute atomic E-state index is 0.0175. The Morgan fingerprint density at radius 1 is 1.34 bits per heavy atom. The second-order valence-corrected chi connectivity index (χ2v) is 8.28. The molecule has 0 unspecified atom stereocenters. The van der Waals surface area contributed by atoms with Crippen LogP contribution >= 0.6 is 0 Å². The Bertz CT molecular complexity index is 944. The van der Waals surface area contributed by atoms with Crippen LogP contribution in [0, 0.1) is 25.7 Å². The van der Waals surface area contributed by atoms with Crippen LogP contribution in [0.2, 0.25) is 0 Å². The van der Waals surface area contributed by atoms with Crippen molar-refractivity contribution in [2.24, 2.45) is 11.8 Å². The summed E-state index contributed by atoms with van der Waals surface area (Å²) < 4.78 is 1.68. The quantitative estimate of drug-likeness (QED) is 0.536. The normalized spacial score (nSPS) is 18.2. The van der Waals surface area contributed by atoms with E-state index in [0.29, 0.717) is 44.0 Å². The van der Waals surface area contributed by atoms with Crippen molar-refractivity contribution in [3.8, 4) is 0 Å². The van der Waals surface area contributed by atoms with E-state index in [2.05, 4.69) is 20.4 Å². The van der Waals surface area contributed by atoms with Crippen molar-refractivity contribution in [3.05, 3.63) is 23.3 Å². The molecule has 0 radical (unpaired) electrons. The number of aromatic nitrogens is 4. The van der Waals surface area contributed by atoms with Crippen LogP contribution in [0.15, 0.2) is 6.33 Å². The highest BCUT2D eigenvalue weighted by Crippen LogP contribution is 2.20. The van der Waals surface area contributed by atoms with Gasteiger partial charge in [0.05, 0.1) is 12.0 Å². The van der Waals surface area contributed by atoms with E-state index in [0.717, 1.165) is 17.0 Å². The second-order valence-electron chi connectivity index (χ2n) is 8.28. The first-order valence-electron chi connectivity index (χ1n) is 10.7. The highest BCUT2D eigenvalue weighted by molar-refractivity contribution is 5.82. The molecule has 1 saturated heterocycles. The second kappa shape index (κ2) is 11.5. The van der Waals surface area contributed by atoms with Crippen LogP contribution in [0.3, 0.4) is 0 Å². The summed E-state index contributed by atoms with van der Waals surface area (Å²) in [7, 11) is 0. The number of nitrogens with zero attached hydrogens (tertiary/aromatic N) is 5. The average molecular weight is 449 g/mol. The van der Waals surface area contributed by atoms with Gasteiger partial charge < -0.3 is 20.4 Å². The van der Waals surface area contributed by atoms with Crippen LogP contribution in [-0.2, 0) is 20.8 Å². The standard InChI is InChI=1S/C20H30N6O3.CH2O2/c1-12(2)9-21-19(29)16-10-25(8-7-17(16)27)18(28)6-5-15-13(3)24-20-22-11-23-26(20)14(15)4;2-1-3/h11-12,16-17,27H,5-10H2,1-4H3,(H,21,29);1H,(H,2,3)/t16-,17+;/m0./s1. The van der Waals surface area contributed by atoms with E-state index in [9.17, 15) is 14.7 Å². The zero-order valence-corrected chi connectivity index (χ0v) is 19.0. The highest BCUT2D eigenvalue weighted by Gasteiger charge is 2.34. The van der Waals surface area contributed by atoms with Gasteiger partial charge in [-0.05, 0) is 38.2 Å². The average Bonchev–Trinajstić information content (AvgIpc) is 3.21. The number of amides is 2. The molecule has 0 spiro atoms. The van der Waals surface area contributed by atoms with Crippen molar-refractivity contribution in [3.63, 3.8) is 0 Å². The lowest BCUT2D eigenvalue weighted by atomic mass is 9.93. The van der Waals surface area contributed by atoms with Crippen molar-refractivity contribution in [1.29, 1.82) is 0 Å². The summed E-state index contributed by atoms with van der Waals surface area (Å²) in [5.41, 5.74) is 2.76. The zero-order chi connectivity index (χ0) is 23.8. The van der Waals surface area contributed by atoms with Crippen molar-refractivity contribution >= 4 is 24.1 Å². The van der Waals surface area contributed by atoms with Gasteiger partial charge in [-0.3, -0.25) is 14.4 Å². The first-order valence-corrected chi connectivity index (χ1v) is 10.7. The largest absolute Gasteiger partial charge is 0.483 e. The SMILES string of the molecule is Cc1nc2ncnn2c(C)c1CCC(=O)N1CC[C@@H](O)[C@@H](C(=O)NCC(C)C)C1.O=CO. The van der Waals surface area contributed by atoms with Crippen LogP contribution < -0.4 is 5.32 Å². The zero-order valence-electron chi connectivity index (χ0n) is 19.0. The van der Waals surface area contributed by atoms with Crippen LogP contribution in [0.1, 0.15) is 43.6 Å². The Morgan fingerprint density at radius 2 is 2.03 bits per heavy atom. The number of piperidine rings is 1. The fourth-order valence-corrected chi connectivity index (χ4v) is 3.77. The molecule has 1 aliphatic rings. The number of nitrogens with one attached hydrogen (secondary N) is 1. The Labute approximate surface area is 186 Å². The Hall–Kier alpha value is -3.08. The minimum Gasteiger partial charge on any atom is -0.483 e. The third kappa shape index (κ3) is 6.22. The van der Waals surface area contributed by atoms with Crippen molar-refractivity contribution < 1.29 is 24.6 Å². The number of fused-ring (bicyclic) bond motifs is 1. The molecule has 2 aromatic heterocycles. The molecule has 0 bridgehead atoms. The molecule has 2 atom stereocenters. The maximum Gasteiger partial charge on any atom is 0.290 e. The summed E-state index contributed by atoms with van der Waals surface area (Å²) in [4.78, 5) is 43.8. The van der Waals surface area contributed by atoms with Crippen LogP contribution in [0.5, 0.6) is 0 Å². The molecular weight excluding hydrogens is 416 g/mol. The smallest absolute Gasteiger partial charge is 0.290 e. The Kier molecular flexibility index (Phi) is 9.06. The molecule has 2 aromatic rings. The maximum atomic E-state index is 12.8. The predicted octanol–water partition coefficient (Wildman–Crippen LogP) is 0.356. The van der Waals surface area contributed by atoms with Gasteiger partial charge >= 0.3 is 0 Å². The van der Waals surface area contributed by atoms with Crippen LogP contribution in [0.4, 0.5) is 0 Å². The molecule has 2 amide bonds. The van der Waals surface area contributed by atoms with Gasteiger partial charge in [-0.2, -0.15) is 10.1 Å². The predicted molar refractivity (Wildman–Crippen MR) is 116 cm³/mol. The van der Waals surface area contributed by atoms with Gasteiger partial charge in [0.1, 0.15) is 6.33 Å². The Morgan fingerprint density at radius 3 is 2.69 bits per heavy atom. The van der Waals surface area contributed by atoms with Gasteiger partial charge in [0.2, 0.25) is 11.8 Å². The molecule has 176 valence electrons. The lowest BCUT2D eigenvalue weighted by molar-refractivity contribution is -0.140. The van der Waals surface area contributed by atoms with Gasteiger partial charge in [-0.25, -0.2) is 9.50 Å². The van der Waals surface area contributed by atoms with E-state index in [4.69, 9.17) is 9.90 Å². The number of aliphatic hydroxyl groups excluding tert-OH is 1. The fourth-order valence-electron chi connectivity index (χ4n) is 3.77. The number of hydrogen-bond acceptors (Lipinski definition) is 7. The summed E-state index contributed by atoms with van der Waals surface area (Å²) in [6.07, 6.45) is 2.03. The first-order chi connectivity index (χ1) is 15.2. The van der Waals surface area contributed by atoms with Gasteiger partial charge in [0, 0.05) is 37.4 Å². The molecular formula is C21H32N6O5. The number of carbonyl (C=O) groups is 3. The van der Waals surface area contributed by atoms with Gasteiger partial charge in [-0.15, -0.1) is 0 Å². The summed E-state index contributed by atoms with van der Waals surface area (Å²) in [6, 6.07) is 0. The van der Waals surface area contributed by atoms with Gasteiger partial charge in [-0.1, -0.05) is 13.8 Å². The number of carboxylic acid groups (broad SMARTS) is 1. The topological polar surface area (TPSA) is 150 Å². The van der Waals surface area contributed by atoms with E-state index in [1.54, 1.807) is 9.42 Å². The van der Waals surface area contributed by atoms with E-state index in [-0.39, 0.29) is 24.8 Å². The first kappa shape index (κ1) is 25.2.